The van der Waals surface area contributed by atoms with E-state index in [4.69, 9.17) is 5.73 Å². The van der Waals surface area contributed by atoms with E-state index in [1.165, 1.54) is 23.9 Å². The average Bonchev–Trinajstić information content (AvgIpc) is 2.29. The fourth-order valence-electron chi connectivity index (χ4n) is 1.18. The number of anilines is 2. The molecule has 6 heteroatoms. The SMILES string of the molecule is CC(O)C(C)SCC(=O)Nc1ccc(F)cc1N. The number of hydrogen-bond donors (Lipinski definition) is 3. The first-order chi connectivity index (χ1) is 8.40. The van der Waals surface area contributed by atoms with Crippen molar-refractivity contribution in [3.63, 3.8) is 0 Å². The standard InChI is InChI=1S/C12H17FN2O2S/c1-7(16)8(2)18-6-12(17)15-11-4-3-9(13)5-10(11)14/h3-5,7-8,16H,6,14H2,1-2H3,(H,15,17). The van der Waals surface area contributed by atoms with Gasteiger partial charge in [-0.3, -0.25) is 4.79 Å². The molecule has 0 radical (unpaired) electrons. The summed E-state index contributed by atoms with van der Waals surface area (Å²) in [4.78, 5) is 11.6. The Morgan fingerprint density at radius 2 is 2.22 bits per heavy atom. The molecule has 0 aliphatic carbocycles. The molecular formula is C12H17FN2O2S. The summed E-state index contributed by atoms with van der Waals surface area (Å²) < 4.78 is 12.8. The minimum atomic E-state index is -0.473. The van der Waals surface area contributed by atoms with E-state index in [0.717, 1.165) is 6.07 Å². The van der Waals surface area contributed by atoms with Crippen LogP contribution in [0.25, 0.3) is 0 Å². The lowest BCUT2D eigenvalue weighted by Crippen LogP contribution is -2.21. The maximum Gasteiger partial charge on any atom is 0.234 e. The van der Waals surface area contributed by atoms with Gasteiger partial charge in [0, 0.05) is 5.25 Å². The van der Waals surface area contributed by atoms with E-state index in [2.05, 4.69) is 5.32 Å². The highest BCUT2D eigenvalue weighted by Gasteiger charge is 2.12. The highest BCUT2D eigenvalue weighted by Crippen LogP contribution is 2.20. The molecule has 0 heterocycles. The molecule has 0 saturated heterocycles. The summed E-state index contributed by atoms with van der Waals surface area (Å²) >= 11 is 1.34. The smallest absolute Gasteiger partial charge is 0.234 e. The zero-order valence-corrected chi connectivity index (χ0v) is 11.1. The Balaban J connectivity index is 2.50. The van der Waals surface area contributed by atoms with Crippen molar-refractivity contribution in [3.8, 4) is 0 Å². The van der Waals surface area contributed by atoms with Crippen LogP contribution >= 0.6 is 11.8 Å². The molecule has 0 saturated carbocycles. The number of aliphatic hydroxyl groups is 1. The van der Waals surface area contributed by atoms with Crippen LogP contribution in [0.5, 0.6) is 0 Å². The van der Waals surface area contributed by atoms with Crippen molar-refractivity contribution in [3.05, 3.63) is 24.0 Å². The van der Waals surface area contributed by atoms with Crippen molar-refractivity contribution < 1.29 is 14.3 Å². The van der Waals surface area contributed by atoms with Gasteiger partial charge < -0.3 is 16.2 Å². The number of thioether (sulfide) groups is 1. The molecule has 1 aromatic carbocycles. The van der Waals surface area contributed by atoms with Gasteiger partial charge >= 0.3 is 0 Å². The summed E-state index contributed by atoms with van der Waals surface area (Å²) in [5.74, 6) is -0.462. The van der Waals surface area contributed by atoms with Gasteiger partial charge in [-0.1, -0.05) is 6.92 Å². The third-order valence-corrected chi connectivity index (χ3v) is 3.79. The number of benzene rings is 1. The first kappa shape index (κ1) is 14.8. The molecule has 0 spiro atoms. The van der Waals surface area contributed by atoms with Crippen molar-refractivity contribution >= 4 is 29.0 Å². The topological polar surface area (TPSA) is 75.3 Å². The lowest BCUT2D eigenvalue weighted by molar-refractivity contribution is -0.113. The van der Waals surface area contributed by atoms with Gasteiger partial charge in [0.05, 0.1) is 23.2 Å². The second-order valence-corrected chi connectivity index (χ2v) is 5.40. The summed E-state index contributed by atoms with van der Waals surface area (Å²) in [6.07, 6.45) is -0.473. The molecule has 1 rings (SSSR count). The Kier molecular flexibility index (Phi) is 5.43. The molecule has 0 aromatic heterocycles. The zero-order valence-electron chi connectivity index (χ0n) is 10.3. The minimum Gasteiger partial charge on any atom is -0.397 e. The lowest BCUT2D eigenvalue weighted by atomic mass is 10.2. The predicted molar refractivity (Wildman–Crippen MR) is 73.0 cm³/mol. The Hall–Kier alpha value is -1.27. The van der Waals surface area contributed by atoms with Crippen LogP contribution in [0.1, 0.15) is 13.8 Å². The highest BCUT2D eigenvalue weighted by atomic mass is 32.2. The molecule has 18 heavy (non-hydrogen) atoms. The fourth-order valence-corrected chi connectivity index (χ4v) is 1.95. The third-order valence-electron chi connectivity index (χ3n) is 2.44. The second-order valence-electron chi connectivity index (χ2n) is 4.04. The van der Waals surface area contributed by atoms with Crippen LogP contribution in [0, 0.1) is 5.82 Å². The Morgan fingerprint density at radius 3 is 2.78 bits per heavy atom. The van der Waals surface area contributed by atoms with E-state index in [0.29, 0.717) is 5.69 Å². The first-order valence-electron chi connectivity index (χ1n) is 5.54. The molecule has 4 N–H and O–H groups in total. The number of halogens is 1. The van der Waals surface area contributed by atoms with Gasteiger partial charge in [-0.2, -0.15) is 0 Å². The van der Waals surface area contributed by atoms with Gasteiger partial charge in [-0.05, 0) is 25.1 Å². The van der Waals surface area contributed by atoms with E-state index in [1.807, 2.05) is 6.92 Å². The summed E-state index contributed by atoms with van der Waals surface area (Å²) in [5, 5.41) is 11.9. The third kappa shape index (κ3) is 4.54. The van der Waals surface area contributed by atoms with Crippen LogP contribution in [0.3, 0.4) is 0 Å². The molecule has 1 aromatic rings. The number of nitrogens with one attached hydrogen (secondary N) is 1. The maximum atomic E-state index is 12.8. The monoisotopic (exact) mass is 272 g/mol. The Morgan fingerprint density at radius 1 is 1.56 bits per heavy atom. The van der Waals surface area contributed by atoms with Gasteiger partial charge in [-0.15, -0.1) is 11.8 Å². The molecule has 4 nitrogen and oxygen atoms in total. The summed E-state index contributed by atoms with van der Waals surface area (Å²) in [6.45, 7) is 3.52. The quantitative estimate of drug-likeness (QED) is 0.715. The van der Waals surface area contributed by atoms with E-state index in [1.54, 1.807) is 6.92 Å². The number of nitrogen functional groups attached to an aromatic ring is 1. The highest BCUT2D eigenvalue weighted by molar-refractivity contribution is 8.00. The average molecular weight is 272 g/mol. The van der Waals surface area contributed by atoms with Crippen molar-refractivity contribution in [1.29, 1.82) is 0 Å². The van der Waals surface area contributed by atoms with Crippen molar-refractivity contribution in [2.75, 3.05) is 16.8 Å². The molecule has 0 aliphatic heterocycles. The molecule has 100 valence electrons. The van der Waals surface area contributed by atoms with Crippen LogP contribution in [0.2, 0.25) is 0 Å². The summed E-state index contributed by atoms with van der Waals surface area (Å²) in [5.41, 5.74) is 6.16. The molecular weight excluding hydrogens is 255 g/mol. The predicted octanol–water partition coefficient (Wildman–Crippen LogP) is 1.85. The number of hydrogen-bond acceptors (Lipinski definition) is 4. The summed E-state index contributed by atoms with van der Waals surface area (Å²) in [7, 11) is 0. The van der Waals surface area contributed by atoms with Crippen LogP contribution in [-0.4, -0.2) is 28.1 Å². The number of carbonyl (C=O) groups is 1. The van der Waals surface area contributed by atoms with E-state index in [9.17, 15) is 14.3 Å². The van der Waals surface area contributed by atoms with Gasteiger partial charge in [0.15, 0.2) is 0 Å². The molecule has 0 fully saturated rings. The molecule has 2 atom stereocenters. The van der Waals surface area contributed by atoms with Crippen LogP contribution < -0.4 is 11.1 Å². The Labute approximate surface area is 110 Å². The normalized spacial score (nSPS) is 14.0. The number of rotatable bonds is 5. The van der Waals surface area contributed by atoms with Crippen molar-refractivity contribution in [2.24, 2.45) is 0 Å². The molecule has 1 amide bonds. The van der Waals surface area contributed by atoms with E-state index < -0.39 is 11.9 Å². The van der Waals surface area contributed by atoms with Crippen LogP contribution in [0.4, 0.5) is 15.8 Å². The first-order valence-corrected chi connectivity index (χ1v) is 6.59. The molecule has 2 unspecified atom stereocenters. The van der Waals surface area contributed by atoms with Crippen molar-refractivity contribution in [1.82, 2.24) is 0 Å². The van der Waals surface area contributed by atoms with Gasteiger partial charge in [-0.25, -0.2) is 4.39 Å². The Bertz CT molecular complexity index is 427. The molecule has 0 bridgehead atoms. The largest absolute Gasteiger partial charge is 0.397 e. The zero-order chi connectivity index (χ0) is 13.7. The number of amides is 1. The minimum absolute atomic E-state index is 0.0266. The van der Waals surface area contributed by atoms with Crippen LogP contribution in [0.15, 0.2) is 18.2 Å². The maximum absolute atomic E-state index is 12.8. The van der Waals surface area contributed by atoms with Crippen molar-refractivity contribution in [2.45, 2.75) is 25.2 Å². The van der Waals surface area contributed by atoms with E-state index in [-0.39, 0.29) is 22.6 Å². The number of aliphatic hydroxyl groups excluding tert-OH is 1. The fraction of sp³-hybridized carbons (Fsp3) is 0.417. The van der Waals surface area contributed by atoms with E-state index >= 15 is 0 Å². The second kappa shape index (κ2) is 6.61. The molecule has 0 aliphatic rings. The number of nitrogens with two attached hydrogens (primary N) is 1. The van der Waals surface area contributed by atoms with Gasteiger partial charge in [0.2, 0.25) is 5.91 Å². The summed E-state index contributed by atoms with van der Waals surface area (Å²) in [6, 6.07) is 3.81. The number of carbonyl (C=O) groups excluding carboxylic acids is 1. The van der Waals surface area contributed by atoms with Gasteiger partial charge in [0.25, 0.3) is 0 Å². The van der Waals surface area contributed by atoms with Gasteiger partial charge in [0.1, 0.15) is 5.82 Å². The lowest BCUT2D eigenvalue weighted by Gasteiger charge is -2.14. The van der Waals surface area contributed by atoms with Crippen LogP contribution in [-0.2, 0) is 4.79 Å².